The Balaban J connectivity index is 1.99. The molecule has 1 unspecified atom stereocenters. The van der Waals surface area contributed by atoms with E-state index in [9.17, 15) is 4.79 Å². The number of hydrogen-bond acceptors (Lipinski definition) is 2. The Hall–Kier alpha value is -1.32. The number of hydrogen-bond donors (Lipinski definition) is 0. The molecule has 0 aromatic carbocycles. The summed E-state index contributed by atoms with van der Waals surface area (Å²) in [7, 11) is 0. The van der Waals surface area contributed by atoms with Gasteiger partial charge in [0.1, 0.15) is 6.33 Å². The molecule has 1 saturated heterocycles. The van der Waals surface area contributed by atoms with Crippen molar-refractivity contribution >= 4 is 6.03 Å². The van der Waals surface area contributed by atoms with Crippen LogP contribution in [-0.2, 0) is 0 Å². The second-order valence-electron chi connectivity index (χ2n) is 6.23. The van der Waals surface area contributed by atoms with Gasteiger partial charge >= 0.3 is 6.03 Å². The molecule has 1 aromatic rings. The highest BCUT2D eigenvalue weighted by molar-refractivity contribution is 5.76. The molecule has 2 rings (SSSR count). The maximum Gasteiger partial charge on any atom is 0.329 e. The smallest absolute Gasteiger partial charge is 0.324 e. The van der Waals surface area contributed by atoms with E-state index in [1.165, 1.54) is 6.42 Å². The van der Waals surface area contributed by atoms with Gasteiger partial charge in [-0.2, -0.15) is 0 Å². The zero-order valence-corrected chi connectivity index (χ0v) is 11.6. The summed E-state index contributed by atoms with van der Waals surface area (Å²) in [4.78, 5) is 18.1. The van der Waals surface area contributed by atoms with Crippen LogP contribution in [0.4, 0.5) is 4.79 Å². The van der Waals surface area contributed by atoms with Gasteiger partial charge in [0.05, 0.1) is 0 Å². The Morgan fingerprint density at radius 3 is 2.67 bits per heavy atom. The number of carbonyl (C=O) groups excluding carboxylic acids is 1. The Labute approximate surface area is 109 Å². The minimum Gasteiger partial charge on any atom is -0.324 e. The molecule has 1 amide bonds. The maximum absolute atomic E-state index is 12.2. The molecule has 0 spiro atoms. The molecule has 18 heavy (non-hydrogen) atoms. The first-order chi connectivity index (χ1) is 8.48. The van der Waals surface area contributed by atoms with E-state index in [0.29, 0.717) is 11.3 Å². The van der Waals surface area contributed by atoms with Crippen LogP contribution in [0.5, 0.6) is 0 Å². The average Bonchev–Trinajstić information content (AvgIpc) is 2.70. The maximum atomic E-state index is 12.2. The van der Waals surface area contributed by atoms with Crippen LogP contribution in [-0.4, -0.2) is 33.6 Å². The summed E-state index contributed by atoms with van der Waals surface area (Å²) in [5.74, 6) is 0.707. The van der Waals surface area contributed by atoms with Gasteiger partial charge in [0.2, 0.25) is 0 Å². The lowest BCUT2D eigenvalue weighted by molar-refractivity contribution is 0.192. The number of rotatable bonds is 0. The van der Waals surface area contributed by atoms with E-state index < -0.39 is 0 Å². The van der Waals surface area contributed by atoms with Crippen molar-refractivity contribution < 1.29 is 4.79 Å². The predicted octanol–water partition coefficient (Wildman–Crippen LogP) is 3.00. The normalized spacial score (nSPS) is 21.7. The Kier molecular flexibility index (Phi) is 3.73. The predicted molar refractivity (Wildman–Crippen MR) is 71.4 cm³/mol. The fraction of sp³-hybridized carbons (Fsp3) is 0.714. The van der Waals surface area contributed by atoms with Crippen LogP contribution in [0.15, 0.2) is 18.7 Å². The SMILES string of the molecule is CC(C)(C)C1CCCN(C(=O)n2ccnc2)CC1. The molecule has 0 radical (unpaired) electrons. The van der Waals surface area contributed by atoms with Crippen molar-refractivity contribution in [3.8, 4) is 0 Å². The van der Waals surface area contributed by atoms with Gasteiger partial charge in [-0.1, -0.05) is 20.8 Å². The number of imidazole rings is 1. The molecule has 0 bridgehead atoms. The fourth-order valence-corrected chi connectivity index (χ4v) is 2.69. The summed E-state index contributed by atoms with van der Waals surface area (Å²) in [6, 6.07) is 0.0575. The molecular formula is C14H23N3O. The van der Waals surface area contributed by atoms with Crippen molar-refractivity contribution in [2.24, 2.45) is 11.3 Å². The molecule has 4 heteroatoms. The molecule has 0 aliphatic carbocycles. The molecule has 1 fully saturated rings. The Morgan fingerprint density at radius 2 is 2.06 bits per heavy atom. The zero-order chi connectivity index (χ0) is 13.2. The molecule has 4 nitrogen and oxygen atoms in total. The first kappa shape index (κ1) is 13.1. The quantitative estimate of drug-likeness (QED) is 0.709. The highest BCUT2D eigenvalue weighted by atomic mass is 16.2. The lowest BCUT2D eigenvalue weighted by atomic mass is 9.77. The van der Waals surface area contributed by atoms with Crippen molar-refractivity contribution in [2.45, 2.75) is 40.0 Å². The Bertz CT molecular complexity index is 392. The molecule has 1 atom stereocenters. The minimum absolute atomic E-state index is 0.0575. The number of carbonyl (C=O) groups is 1. The van der Waals surface area contributed by atoms with Gasteiger partial charge in [0.15, 0.2) is 0 Å². The van der Waals surface area contributed by atoms with E-state index in [4.69, 9.17) is 0 Å². The van der Waals surface area contributed by atoms with Crippen LogP contribution in [0.3, 0.4) is 0 Å². The van der Waals surface area contributed by atoms with Crippen LogP contribution in [0.2, 0.25) is 0 Å². The van der Waals surface area contributed by atoms with Crippen LogP contribution < -0.4 is 0 Å². The monoisotopic (exact) mass is 249 g/mol. The molecule has 1 aliphatic heterocycles. The lowest BCUT2D eigenvalue weighted by Gasteiger charge is -2.29. The molecule has 1 aromatic heterocycles. The first-order valence-corrected chi connectivity index (χ1v) is 6.76. The zero-order valence-electron chi connectivity index (χ0n) is 11.6. The fourth-order valence-electron chi connectivity index (χ4n) is 2.69. The summed E-state index contributed by atoms with van der Waals surface area (Å²) < 4.78 is 1.57. The second kappa shape index (κ2) is 5.12. The van der Waals surface area contributed by atoms with E-state index in [1.54, 1.807) is 23.3 Å². The minimum atomic E-state index is 0.0575. The van der Waals surface area contributed by atoms with Gasteiger partial charge in [-0.05, 0) is 30.6 Å². The summed E-state index contributed by atoms with van der Waals surface area (Å²) >= 11 is 0. The second-order valence-corrected chi connectivity index (χ2v) is 6.23. The number of amides is 1. The highest BCUT2D eigenvalue weighted by Gasteiger charge is 2.28. The van der Waals surface area contributed by atoms with Crippen molar-refractivity contribution in [1.29, 1.82) is 0 Å². The first-order valence-electron chi connectivity index (χ1n) is 6.76. The summed E-state index contributed by atoms with van der Waals surface area (Å²) in [5, 5.41) is 0. The van der Waals surface area contributed by atoms with Gasteiger partial charge in [-0.3, -0.25) is 4.57 Å². The van der Waals surface area contributed by atoms with Crippen molar-refractivity contribution in [2.75, 3.05) is 13.1 Å². The molecular weight excluding hydrogens is 226 g/mol. The standard InChI is InChI=1S/C14H23N3O/c1-14(2,3)12-5-4-8-16(9-6-12)13(18)17-10-7-15-11-17/h7,10-12H,4-6,8-9H2,1-3H3. The van der Waals surface area contributed by atoms with Crippen LogP contribution in [0, 0.1) is 11.3 Å². The third-order valence-electron chi connectivity index (χ3n) is 3.95. The third-order valence-corrected chi connectivity index (χ3v) is 3.95. The van der Waals surface area contributed by atoms with E-state index in [1.807, 2.05) is 4.90 Å². The Morgan fingerprint density at radius 1 is 1.28 bits per heavy atom. The molecule has 0 N–H and O–H groups in total. The van der Waals surface area contributed by atoms with Crippen LogP contribution in [0.25, 0.3) is 0 Å². The molecule has 2 heterocycles. The van der Waals surface area contributed by atoms with E-state index in [2.05, 4.69) is 25.8 Å². The van der Waals surface area contributed by atoms with Crippen molar-refractivity contribution in [3.05, 3.63) is 18.7 Å². The van der Waals surface area contributed by atoms with Crippen molar-refractivity contribution in [3.63, 3.8) is 0 Å². The molecule has 1 aliphatic rings. The van der Waals surface area contributed by atoms with E-state index >= 15 is 0 Å². The molecule has 0 saturated carbocycles. The lowest BCUT2D eigenvalue weighted by Crippen LogP contribution is -2.35. The van der Waals surface area contributed by atoms with Gasteiger partial charge in [0.25, 0.3) is 0 Å². The van der Waals surface area contributed by atoms with Gasteiger partial charge < -0.3 is 4.90 Å². The van der Waals surface area contributed by atoms with Crippen molar-refractivity contribution in [1.82, 2.24) is 14.5 Å². The number of nitrogens with zero attached hydrogens (tertiary/aromatic N) is 3. The topological polar surface area (TPSA) is 38.1 Å². The van der Waals surface area contributed by atoms with Gasteiger partial charge in [0, 0.05) is 25.5 Å². The third kappa shape index (κ3) is 2.92. The number of likely N-dealkylation sites (tertiary alicyclic amines) is 1. The van der Waals surface area contributed by atoms with Crippen LogP contribution >= 0.6 is 0 Å². The van der Waals surface area contributed by atoms with Gasteiger partial charge in [-0.25, -0.2) is 9.78 Å². The van der Waals surface area contributed by atoms with Gasteiger partial charge in [-0.15, -0.1) is 0 Å². The summed E-state index contributed by atoms with van der Waals surface area (Å²) in [6.07, 6.45) is 8.36. The van der Waals surface area contributed by atoms with Crippen LogP contribution in [0.1, 0.15) is 40.0 Å². The average molecular weight is 249 g/mol. The molecule has 100 valence electrons. The number of aromatic nitrogens is 2. The highest BCUT2D eigenvalue weighted by Crippen LogP contribution is 2.34. The van der Waals surface area contributed by atoms with E-state index in [-0.39, 0.29) is 6.03 Å². The van der Waals surface area contributed by atoms with E-state index in [0.717, 1.165) is 25.9 Å². The summed E-state index contributed by atoms with van der Waals surface area (Å²) in [5.41, 5.74) is 0.341. The summed E-state index contributed by atoms with van der Waals surface area (Å²) in [6.45, 7) is 8.61. The largest absolute Gasteiger partial charge is 0.329 e.